The minimum Gasteiger partial charge on any atom is -0.327 e. The van der Waals surface area contributed by atoms with E-state index in [1.807, 2.05) is 42.3 Å². The van der Waals surface area contributed by atoms with E-state index in [1.165, 1.54) is 0 Å². The fourth-order valence-electron chi connectivity index (χ4n) is 2.28. The molecule has 0 unspecified atom stereocenters. The highest BCUT2D eigenvalue weighted by Gasteiger charge is 2.27. The summed E-state index contributed by atoms with van der Waals surface area (Å²) in [6.45, 7) is 0. The first kappa shape index (κ1) is 12.0. The summed E-state index contributed by atoms with van der Waals surface area (Å²) < 4.78 is 0. The molecule has 0 N–H and O–H groups in total. The molecule has 2 heterocycles. The van der Waals surface area contributed by atoms with Gasteiger partial charge in [-0.1, -0.05) is 23.7 Å². The summed E-state index contributed by atoms with van der Waals surface area (Å²) in [6, 6.07) is 11.0. The molecule has 2 aromatic rings. The fraction of sp³-hybridized carbons (Fsp3) is 0.143. The topological polar surface area (TPSA) is 36.4 Å². The lowest BCUT2D eigenvalue weighted by molar-refractivity contribution is 0.0994. The van der Waals surface area contributed by atoms with Crippen molar-refractivity contribution in [2.24, 2.45) is 0 Å². The van der Waals surface area contributed by atoms with Crippen molar-refractivity contribution in [1.29, 1.82) is 0 Å². The highest BCUT2D eigenvalue weighted by Crippen LogP contribution is 2.38. The molecule has 0 aliphatic carbocycles. The molecule has 0 saturated heterocycles. The van der Waals surface area contributed by atoms with Crippen LogP contribution in [-0.4, -0.2) is 25.0 Å². The standard InChI is InChI=1S/C14H12ClN3O/c1-17-10-6-4-3-5-9(10)14(19)18(2)11-7-8-12(15)16-13(11)17/h3-8H,1-2H3. The number of hydrogen-bond acceptors (Lipinski definition) is 3. The van der Waals surface area contributed by atoms with Crippen molar-refractivity contribution in [3.8, 4) is 0 Å². The lowest BCUT2D eigenvalue weighted by Gasteiger charge is -2.20. The molecule has 1 aromatic heterocycles. The van der Waals surface area contributed by atoms with Crippen LogP contribution in [0.3, 0.4) is 0 Å². The zero-order valence-corrected chi connectivity index (χ0v) is 11.3. The van der Waals surface area contributed by atoms with E-state index in [0.29, 0.717) is 16.5 Å². The van der Waals surface area contributed by atoms with E-state index < -0.39 is 0 Å². The molecule has 0 fully saturated rings. The number of rotatable bonds is 0. The maximum absolute atomic E-state index is 12.5. The Morgan fingerprint density at radius 3 is 2.53 bits per heavy atom. The minimum absolute atomic E-state index is 0.0506. The van der Waals surface area contributed by atoms with Crippen LogP contribution >= 0.6 is 11.6 Å². The van der Waals surface area contributed by atoms with Gasteiger partial charge >= 0.3 is 0 Å². The molecular weight excluding hydrogens is 262 g/mol. The van der Waals surface area contributed by atoms with Crippen LogP contribution in [0, 0.1) is 0 Å². The molecule has 0 bridgehead atoms. The SMILES string of the molecule is CN1C(=O)c2ccccc2N(C)c2nc(Cl)ccc21. The van der Waals surface area contributed by atoms with Gasteiger partial charge in [0.15, 0.2) is 5.82 Å². The normalized spacial score (nSPS) is 13.9. The van der Waals surface area contributed by atoms with Gasteiger partial charge in [-0.3, -0.25) is 4.79 Å². The van der Waals surface area contributed by atoms with E-state index in [-0.39, 0.29) is 5.91 Å². The number of anilines is 3. The summed E-state index contributed by atoms with van der Waals surface area (Å²) in [5.74, 6) is 0.624. The van der Waals surface area contributed by atoms with Gasteiger partial charge in [0.25, 0.3) is 5.91 Å². The van der Waals surface area contributed by atoms with Crippen LogP contribution in [-0.2, 0) is 0 Å². The lowest BCUT2D eigenvalue weighted by Crippen LogP contribution is -2.25. The number of hydrogen-bond donors (Lipinski definition) is 0. The minimum atomic E-state index is -0.0506. The highest BCUT2D eigenvalue weighted by atomic mass is 35.5. The summed E-state index contributed by atoms with van der Waals surface area (Å²) in [5, 5.41) is 0.408. The molecule has 4 nitrogen and oxygen atoms in total. The number of aromatic nitrogens is 1. The van der Waals surface area contributed by atoms with Gasteiger partial charge in [0.1, 0.15) is 5.15 Å². The van der Waals surface area contributed by atoms with E-state index in [2.05, 4.69) is 4.98 Å². The van der Waals surface area contributed by atoms with Crippen LogP contribution in [0.1, 0.15) is 10.4 Å². The number of amides is 1. The zero-order valence-electron chi connectivity index (χ0n) is 10.6. The zero-order chi connectivity index (χ0) is 13.6. The molecule has 0 atom stereocenters. The molecule has 0 spiro atoms. The largest absolute Gasteiger partial charge is 0.327 e. The second-order valence-corrected chi connectivity index (χ2v) is 4.80. The second kappa shape index (κ2) is 4.24. The van der Waals surface area contributed by atoms with Crippen molar-refractivity contribution >= 4 is 34.7 Å². The molecule has 5 heteroatoms. The van der Waals surface area contributed by atoms with Crippen LogP contribution in [0.15, 0.2) is 36.4 Å². The van der Waals surface area contributed by atoms with E-state index >= 15 is 0 Å². The van der Waals surface area contributed by atoms with Gasteiger partial charge in [0.2, 0.25) is 0 Å². The molecule has 19 heavy (non-hydrogen) atoms. The van der Waals surface area contributed by atoms with Crippen molar-refractivity contribution in [2.45, 2.75) is 0 Å². The van der Waals surface area contributed by atoms with Crippen molar-refractivity contribution < 1.29 is 4.79 Å². The van der Waals surface area contributed by atoms with Gasteiger partial charge in [-0.15, -0.1) is 0 Å². The average molecular weight is 274 g/mol. The highest BCUT2D eigenvalue weighted by molar-refractivity contribution is 6.29. The predicted molar refractivity (Wildman–Crippen MR) is 76.5 cm³/mol. The van der Waals surface area contributed by atoms with Crippen LogP contribution < -0.4 is 9.80 Å². The number of carbonyl (C=O) groups is 1. The van der Waals surface area contributed by atoms with Crippen LogP contribution in [0.25, 0.3) is 0 Å². The number of para-hydroxylation sites is 1. The first-order valence-corrected chi connectivity index (χ1v) is 6.25. The summed E-state index contributed by atoms with van der Waals surface area (Å²) in [6.07, 6.45) is 0. The van der Waals surface area contributed by atoms with Gasteiger partial charge in [-0.25, -0.2) is 4.98 Å². The Morgan fingerprint density at radius 1 is 1.00 bits per heavy atom. The summed E-state index contributed by atoms with van der Waals surface area (Å²) in [4.78, 5) is 20.3. The first-order chi connectivity index (χ1) is 9.09. The molecule has 1 aliphatic rings. The van der Waals surface area contributed by atoms with E-state index in [4.69, 9.17) is 11.6 Å². The van der Waals surface area contributed by atoms with E-state index in [1.54, 1.807) is 18.0 Å². The third-order valence-corrected chi connectivity index (χ3v) is 3.51. The smallest absolute Gasteiger partial charge is 0.260 e. The molecule has 1 amide bonds. The Morgan fingerprint density at radius 2 is 1.74 bits per heavy atom. The van der Waals surface area contributed by atoms with E-state index in [9.17, 15) is 4.79 Å². The van der Waals surface area contributed by atoms with Crippen molar-refractivity contribution in [2.75, 3.05) is 23.9 Å². The number of nitrogens with zero attached hydrogens (tertiary/aromatic N) is 3. The number of pyridine rings is 1. The second-order valence-electron chi connectivity index (χ2n) is 4.42. The molecule has 96 valence electrons. The first-order valence-electron chi connectivity index (χ1n) is 5.87. The van der Waals surface area contributed by atoms with Gasteiger partial charge < -0.3 is 9.80 Å². The van der Waals surface area contributed by atoms with Gasteiger partial charge in [-0.2, -0.15) is 0 Å². The lowest BCUT2D eigenvalue weighted by atomic mass is 10.1. The van der Waals surface area contributed by atoms with Gasteiger partial charge in [0.05, 0.1) is 16.9 Å². The van der Waals surface area contributed by atoms with Crippen molar-refractivity contribution in [3.63, 3.8) is 0 Å². The summed E-state index contributed by atoms with van der Waals surface area (Å²) in [5.41, 5.74) is 2.22. The molecular formula is C14H12ClN3O. The fourth-order valence-corrected chi connectivity index (χ4v) is 2.42. The number of halogens is 1. The van der Waals surface area contributed by atoms with Crippen LogP contribution in [0.5, 0.6) is 0 Å². The summed E-state index contributed by atoms with van der Waals surface area (Å²) >= 11 is 5.97. The number of benzene rings is 1. The monoisotopic (exact) mass is 273 g/mol. The van der Waals surface area contributed by atoms with Crippen LogP contribution in [0.2, 0.25) is 5.15 Å². The Bertz CT molecular complexity index is 671. The molecule has 0 saturated carbocycles. The average Bonchev–Trinajstić information content (AvgIpc) is 2.51. The maximum atomic E-state index is 12.5. The Balaban J connectivity index is 2.31. The van der Waals surface area contributed by atoms with Crippen molar-refractivity contribution in [1.82, 2.24) is 4.98 Å². The quantitative estimate of drug-likeness (QED) is 0.692. The van der Waals surface area contributed by atoms with Crippen LogP contribution in [0.4, 0.5) is 17.2 Å². The Kier molecular flexibility index (Phi) is 2.68. The molecule has 3 rings (SSSR count). The van der Waals surface area contributed by atoms with Crippen molar-refractivity contribution in [3.05, 3.63) is 47.1 Å². The Hall–Kier alpha value is -2.07. The molecule has 0 radical (unpaired) electrons. The Labute approximate surface area is 116 Å². The third kappa shape index (κ3) is 1.76. The predicted octanol–water partition coefficient (Wildman–Crippen LogP) is 3.09. The number of fused-ring (bicyclic) bond motifs is 2. The van der Waals surface area contributed by atoms with E-state index in [0.717, 1.165) is 11.4 Å². The maximum Gasteiger partial charge on any atom is 0.260 e. The van der Waals surface area contributed by atoms with Gasteiger partial charge in [0, 0.05) is 14.1 Å². The number of carbonyl (C=O) groups excluding carboxylic acids is 1. The third-order valence-electron chi connectivity index (χ3n) is 3.30. The summed E-state index contributed by atoms with van der Waals surface area (Å²) in [7, 11) is 3.63. The molecule has 1 aromatic carbocycles. The van der Waals surface area contributed by atoms with Gasteiger partial charge in [-0.05, 0) is 24.3 Å². The molecule has 1 aliphatic heterocycles.